The lowest BCUT2D eigenvalue weighted by molar-refractivity contribution is 1.08. The van der Waals surface area contributed by atoms with Crippen LogP contribution in [0.3, 0.4) is 0 Å². The van der Waals surface area contributed by atoms with E-state index >= 15 is 0 Å². The largest absolute Gasteiger partial charge is 0.324 e. The molecular weight excluding hydrogens is 269 g/mol. The van der Waals surface area contributed by atoms with E-state index in [1.165, 1.54) is 0 Å². The van der Waals surface area contributed by atoms with Gasteiger partial charge in [0.15, 0.2) is 5.82 Å². The van der Waals surface area contributed by atoms with Crippen molar-refractivity contribution in [2.75, 3.05) is 5.32 Å². The molecule has 2 heterocycles. The Balaban J connectivity index is 2.28. The Kier molecular flexibility index (Phi) is 2.64. The van der Waals surface area contributed by atoms with E-state index in [4.69, 9.17) is 11.6 Å². The molecule has 0 fully saturated rings. The topological polar surface area (TPSA) is 66.5 Å². The van der Waals surface area contributed by atoms with Crippen molar-refractivity contribution < 1.29 is 0 Å². The number of H-pyrrole nitrogens is 1. The van der Waals surface area contributed by atoms with E-state index in [2.05, 4.69) is 41.4 Å². The van der Waals surface area contributed by atoms with Crippen molar-refractivity contribution in [3.05, 3.63) is 28.2 Å². The number of hydrogen-bond donors (Lipinski definition) is 2. The van der Waals surface area contributed by atoms with E-state index in [1.807, 2.05) is 0 Å². The van der Waals surface area contributed by atoms with E-state index in [9.17, 15) is 0 Å². The maximum absolute atomic E-state index is 5.65. The van der Waals surface area contributed by atoms with Crippen LogP contribution in [0.2, 0.25) is 5.28 Å². The Bertz CT molecular complexity index is 430. The van der Waals surface area contributed by atoms with Crippen LogP contribution in [0.1, 0.15) is 0 Å². The number of aromatic amines is 1. The quantitative estimate of drug-likeness (QED) is 0.825. The number of rotatable bonds is 2. The van der Waals surface area contributed by atoms with Crippen LogP contribution in [-0.2, 0) is 0 Å². The van der Waals surface area contributed by atoms with Gasteiger partial charge in [-0.1, -0.05) is 0 Å². The van der Waals surface area contributed by atoms with Crippen LogP contribution in [0.4, 0.5) is 11.6 Å². The Labute approximate surface area is 93.0 Å². The minimum Gasteiger partial charge on any atom is -0.324 e. The summed E-state index contributed by atoms with van der Waals surface area (Å²) in [6.45, 7) is 0. The van der Waals surface area contributed by atoms with Crippen molar-refractivity contribution in [1.29, 1.82) is 0 Å². The number of hydrogen-bond acceptors (Lipinski definition) is 4. The van der Waals surface area contributed by atoms with Gasteiger partial charge in [-0.15, -0.1) is 0 Å². The van der Waals surface area contributed by atoms with Gasteiger partial charge in [-0.3, -0.25) is 5.10 Å². The molecule has 0 spiro atoms. The van der Waals surface area contributed by atoms with Crippen LogP contribution in [0, 0.1) is 0 Å². The fraction of sp³-hybridized carbons (Fsp3) is 0. The van der Waals surface area contributed by atoms with E-state index in [-0.39, 0.29) is 5.28 Å². The van der Waals surface area contributed by atoms with E-state index in [1.54, 1.807) is 18.5 Å². The summed E-state index contributed by atoms with van der Waals surface area (Å²) >= 11 is 8.94. The van der Waals surface area contributed by atoms with Crippen LogP contribution in [-0.4, -0.2) is 20.2 Å². The molecule has 2 aromatic rings. The molecule has 2 N–H and O–H groups in total. The summed E-state index contributed by atoms with van der Waals surface area (Å²) < 4.78 is 0.733. The van der Waals surface area contributed by atoms with Gasteiger partial charge in [0.2, 0.25) is 5.28 Å². The summed E-state index contributed by atoms with van der Waals surface area (Å²) in [6, 6.07) is 1.78. The first-order valence-electron chi connectivity index (χ1n) is 3.70. The van der Waals surface area contributed by atoms with Crippen molar-refractivity contribution in [2.24, 2.45) is 0 Å². The zero-order valence-electron chi connectivity index (χ0n) is 6.83. The number of anilines is 2. The number of nitrogens with zero attached hydrogens (tertiary/aromatic N) is 3. The lowest BCUT2D eigenvalue weighted by Gasteiger charge is -2.03. The molecule has 2 aromatic heterocycles. The van der Waals surface area contributed by atoms with Crippen LogP contribution in [0.25, 0.3) is 0 Å². The average Bonchev–Trinajstić information content (AvgIpc) is 2.64. The highest BCUT2D eigenvalue weighted by atomic mass is 79.9. The van der Waals surface area contributed by atoms with Gasteiger partial charge in [0.25, 0.3) is 0 Å². The lowest BCUT2D eigenvalue weighted by atomic mass is 10.5. The first kappa shape index (κ1) is 9.42. The zero-order valence-corrected chi connectivity index (χ0v) is 9.17. The Morgan fingerprint density at radius 3 is 3.07 bits per heavy atom. The van der Waals surface area contributed by atoms with Gasteiger partial charge in [-0.25, -0.2) is 4.98 Å². The molecule has 0 aliphatic heterocycles. The standard InChI is InChI=1S/C7H5BrClN5/c8-4-3-10-7(9)13-6(4)12-5-1-2-11-14-5/h1-3H,(H2,10,11,12,13,14). The molecule has 0 bridgehead atoms. The Morgan fingerprint density at radius 1 is 1.50 bits per heavy atom. The lowest BCUT2D eigenvalue weighted by Crippen LogP contribution is -1.96. The molecule has 0 saturated carbocycles. The van der Waals surface area contributed by atoms with Crippen molar-refractivity contribution in [1.82, 2.24) is 20.2 Å². The van der Waals surface area contributed by atoms with Crippen molar-refractivity contribution >= 4 is 39.2 Å². The first-order chi connectivity index (χ1) is 6.75. The summed E-state index contributed by atoms with van der Waals surface area (Å²) in [6.07, 6.45) is 3.22. The number of nitrogens with one attached hydrogen (secondary N) is 2. The summed E-state index contributed by atoms with van der Waals surface area (Å²) in [5, 5.41) is 9.72. The molecule has 0 aromatic carbocycles. The minimum absolute atomic E-state index is 0.190. The average molecular weight is 275 g/mol. The Morgan fingerprint density at radius 2 is 2.36 bits per heavy atom. The van der Waals surface area contributed by atoms with Gasteiger partial charge in [-0.2, -0.15) is 10.1 Å². The molecule has 0 radical (unpaired) electrons. The molecule has 0 unspecified atom stereocenters. The molecule has 0 aliphatic rings. The molecule has 0 amide bonds. The van der Waals surface area contributed by atoms with E-state index < -0.39 is 0 Å². The normalized spacial score (nSPS) is 10.1. The summed E-state index contributed by atoms with van der Waals surface area (Å²) in [5.41, 5.74) is 0. The van der Waals surface area contributed by atoms with Gasteiger partial charge >= 0.3 is 0 Å². The van der Waals surface area contributed by atoms with Gasteiger partial charge in [0, 0.05) is 12.3 Å². The summed E-state index contributed by atoms with van der Waals surface area (Å²) in [4.78, 5) is 7.81. The van der Waals surface area contributed by atoms with Crippen LogP contribution in [0.5, 0.6) is 0 Å². The van der Waals surface area contributed by atoms with Crippen molar-refractivity contribution in [3.8, 4) is 0 Å². The minimum atomic E-state index is 0.190. The third kappa shape index (κ3) is 2.02. The molecule has 72 valence electrons. The molecule has 7 heteroatoms. The fourth-order valence-corrected chi connectivity index (χ4v) is 1.31. The number of aromatic nitrogens is 4. The zero-order chi connectivity index (χ0) is 9.97. The van der Waals surface area contributed by atoms with Gasteiger partial charge in [-0.05, 0) is 27.5 Å². The van der Waals surface area contributed by atoms with Gasteiger partial charge in [0.05, 0.1) is 10.7 Å². The van der Waals surface area contributed by atoms with Crippen molar-refractivity contribution in [3.63, 3.8) is 0 Å². The number of halogens is 2. The first-order valence-corrected chi connectivity index (χ1v) is 4.87. The van der Waals surface area contributed by atoms with Crippen molar-refractivity contribution in [2.45, 2.75) is 0 Å². The fourth-order valence-electron chi connectivity index (χ4n) is 0.886. The van der Waals surface area contributed by atoms with Gasteiger partial charge in [0.1, 0.15) is 5.82 Å². The predicted octanol–water partition coefficient (Wildman–Crippen LogP) is 2.36. The third-order valence-corrected chi connectivity index (χ3v) is 2.23. The third-order valence-electron chi connectivity index (χ3n) is 1.47. The molecule has 2 rings (SSSR count). The second kappa shape index (κ2) is 3.93. The molecular formula is C7H5BrClN5. The highest BCUT2D eigenvalue weighted by molar-refractivity contribution is 9.10. The maximum atomic E-state index is 5.65. The molecule has 14 heavy (non-hydrogen) atoms. The SMILES string of the molecule is Clc1ncc(Br)c(Nc2ccn[nH]2)n1. The van der Waals surface area contributed by atoms with E-state index in [0.717, 1.165) is 10.3 Å². The summed E-state index contributed by atoms with van der Waals surface area (Å²) in [7, 11) is 0. The molecule has 0 atom stereocenters. The smallest absolute Gasteiger partial charge is 0.224 e. The second-order valence-corrected chi connectivity index (χ2v) is 3.62. The highest BCUT2D eigenvalue weighted by Crippen LogP contribution is 2.22. The highest BCUT2D eigenvalue weighted by Gasteiger charge is 2.04. The van der Waals surface area contributed by atoms with Gasteiger partial charge < -0.3 is 5.32 Å². The van der Waals surface area contributed by atoms with E-state index in [0.29, 0.717) is 5.82 Å². The molecule has 0 aliphatic carbocycles. The Hall–Kier alpha value is -1.14. The second-order valence-electron chi connectivity index (χ2n) is 2.43. The maximum Gasteiger partial charge on any atom is 0.224 e. The van der Waals surface area contributed by atoms with Crippen LogP contribution < -0.4 is 5.32 Å². The molecule has 0 saturated heterocycles. The summed E-state index contributed by atoms with van der Waals surface area (Å²) in [5.74, 6) is 1.33. The van der Waals surface area contributed by atoms with Crippen LogP contribution >= 0.6 is 27.5 Å². The monoisotopic (exact) mass is 273 g/mol. The predicted molar refractivity (Wildman–Crippen MR) is 56.6 cm³/mol. The van der Waals surface area contributed by atoms with Crippen LogP contribution in [0.15, 0.2) is 22.9 Å². The molecule has 5 nitrogen and oxygen atoms in total.